The Hall–Kier alpha value is -1.44. The van der Waals surface area contributed by atoms with E-state index in [9.17, 15) is 9.18 Å². The summed E-state index contributed by atoms with van der Waals surface area (Å²) >= 11 is 0. The molecule has 0 atom stereocenters. The maximum Gasteiger partial charge on any atom is 0.494 e. The van der Waals surface area contributed by atoms with Crippen molar-refractivity contribution < 1.29 is 18.5 Å². The van der Waals surface area contributed by atoms with Crippen LogP contribution in [0.25, 0.3) is 0 Å². The van der Waals surface area contributed by atoms with Crippen molar-refractivity contribution in [1.82, 2.24) is 10.2 Å². The van der Waals surface area contributed by atoms with E-state index < -0.39 is 24.1 Å². The Bertz CT molecular complexity index is 671. The Morgan fingerprint density at radius 1 is 1.19 bits per heavy atom. The minimum Gasteiger partial charge on any atom is -0.399 e. The molecule has 2 fully saturated rings. The third-order valence-electron chi connectivity index (χ3n) is 5.94. The predicted molar refractivity (Wildman–Crippen MR) is 100 cm³/mol. The number of piperidine rings is 1. The monoisotopic (exact) mass is 362 g/mol. The first-order valence-corrected chi connectivity index (χ1v) is 9.26. The molecule has 0 spiro atoms. The van der Waals surface area contributed by atoms with Gasteiger partial charge >= 0.3 is 7.12 Å². The molecule has 0 aromatic heterocycles. The molecule has 2 saturated heterocycles. The first-order chi connectivity index (χ1) is 12.1. The first-order valence-electron chi connectivity index (χ1n) is 9.26. The number of halogens is 1. The fourth-order valence-corrected chi connectivity index (χ4v) is 3.37. The molecule has 0 saturated carbocycles. The molecular weight excluding hydrogens is 334 g/mol. The van der Waals surface area contributed by atoms with Crippen molar-refractivity contribution >= 4 is 18.5 Å². The van der Waals surface area contributed by atoms with E-state index in [0.717, 1.165) is 12.8 Å². The summed E-state index contributed by atoms with van der Waals surface area (Å²) in [6.07, 6.45) is 1.77. The molecule has 7 heteroatoms. The van der Waals surface area contributed by atoms with E-state index in [1.54, 1.807) is 17.0 Å². The molecule has 1 aromatic carbocycles. The van der Waals surface area contributed by atoms with Gasteiger partial charge in [-0.3, -0.25) is 4.79 Å². The Labute approximate surface area is 155 Å². The molecule has 26 heavy (non-hydrogen) atoms. The molecule has 2 aliphatic rings. The molecule has 3 rings (SSSR count). The third kappa shape index (κ3) is 3.52. The van der Waals surface area contributed by atoms with E-state index in [1.807, 2.05) is 34.7 Å². The van der Waals surface area contributed by atoms with Crippen molar-refractivity contribution in [3.63, 3.8) is 0 Å². The van der Waals surface area contributed by atoms with Gasteiger partial charge in [-0.2, -0.15) is 0 Å². The maximum atomic E-state index is 14.7. The average Bonchev–Trinajstić information content (AvgIpc) is 2.82. The first kappa shape index (κ1) is 19.3. The molecule has 0 unspecified atom stereocenters. The normalized spacial score (nSPS) is 22.7. The van der Waals surface area contributed by atoms with Crippen LogP contribution in [0.15, 0.2) is 18.2 Å². The van der Waals surface area contributed by atoms with Gasteiger partial charge in [0.2, 0.25) is 0 Å². The summed E-state index contributed by atoms with van der Waals surface area (Å²) in [4.78, 5) is 14.4. The Kier molecular flexibility index (Phi) is 5.16. The minimum atomic E-state index is -0.634. The van der Waals surface area contributed by atoms with Gasteiger partial charge in [-0.15, -0.1) is 0 Å². The SMILES string of the molecule is CNC1CCN(C(=O)c2ccc(B3OC(C)(C)C(C)(C)O3)cc2F)CC1. The zero-order valence-electron chi connectivity index (χ0n) is 16.3. The van der Waals surface area contributed by atoms with Gasteiger partial charge in [-0.1, -0.05) is 6.07 Å². The maximum absolute atomic E-state index is 14.7. The molecule has 2 heterocycles. The predicted octanol–water partition coefficient (Wildman–Crippen LogP) is 1.95. The average molecular weight is 362 g/mol. The lowest BCUT2D eigenvalue weighted by atomic mass is 9.78. The number of nitrogens with zero attached hydrogens (tertiary/aromatic N) is 1. The summed E-state index contributed by atoms with van der Waals surface area (Å²) in [7, 11) is 1.29. The zero-order chi connectivity index (χ0) is 19.1. The van der Waals surface area contributed by atoms with E-state index in [-0.39, 0.29) is 11.5 Å². The summed E-state index contributed by atoms with van der Waals surface area (Å²) in [5.41, 5.74) is -0.277. The van der Waals surface area contributed by atoms with Crippen LogP contribution >= 0.6 is 0 Å². The number of hydrogen-bond donors (Lipinski definition) is 1. The van der Waals surface area contributed by atoms with Crippen LogP contribution in [0.4, 0.5) is 4.39 Å². The van der Waals surface area contributed by atoms with E-state index in [0.29, 0.717) is 24.6 Å². The van der Waals surface area contributed by atoms with E-state index >= 15 is 0 Å². The molecule has 0 bridgehead atoms. The third-order valence-corrected chi connectivity index (χ3v) is 5.94. The second kappa shape index (κ2) is 6.95. The lowest BCUT2D eigenvalue weighted by molar-refractivity contribution is 0.00578. The summed E-state index contributed by atoms with van der Waals surface area (Å²) in [5.74, 6) is -0.782. The fraction of sp³-hybridized carbons (Fsp3) is 0.632. The Morgan fingerprint density at radius 3 is 2.27 bits per heavy atom. The van der Waals surface area contributed by atoms with Crippen molar-refractivity contribution in [2.75, 3.05) is 20.1 Å². The van der Waals surface area contributed by atoms with Gasteiger partial charge in [-0.25, -0.2) is 4.39 Å². The Balaban J connectivity index is 1.73. The number of carbonyl (C=O) groups excluding carboxylic acids is 1. The summed E-state index contributed by atoms with van der Waals surface area (Å²) in [6.45, 7) is 9.10. The molecule has 1 aromatic rings. The fourth-order valence-electron chi connectivity index (χ4n) is 3.37. The van der Waals surface area contributed by atoms with Crippen LogP contribution in [0.1, 0.15) is 50.9 Å². The van der Waals surface area contributed by atoms with Gasteiger partial charge in [0.15, 0.2) is 0 Å². The Morgan fingerprint density at radius 2 is 1.77 bits per heavy atom. The van der Waals surface area contributed by atoms with Crippen LogP contribution in [-0.4, -0.2) is 55.3 Å². The van der Waals surface area contributed by atoms with Crippen molar-refractivity contribution in [1.29, 1.82) is 0 Å². The topological polar surface area (TPSA) is 50.8 Å². The summed E-state index contributed by atoms with van der Waals surface area (Å²) < 4.78 is 26.6. The largest absolute Gasteiger partial charge is 0.494 e. The van der Waals surface area contributed by atoms with Crippen LogP contribution in [0.5, 0.6) is 0 Å². The van der Waals surface area contributed by atoms with Crippen LogP contribution in [0.2, 0.25) is 0 Å². The number of benzene rings is 1. The standard InChI is InChI=1S/C19H28BFN2O3/c1-18(2)19(3,4)26-20(25-18)13-6-7-15(16(21)12-13)17(24)23-10-8-14(22-5)9-11-23/h6-7,12,14,22H,8-11H2,1-5H3. The van der Waals surface area contributed by atoms with Gasteiger partial charge in [0.1, 0.15) is 5.82 Å². The molecule has 142 valence electrons. The molecular formula is C19H28BFN2O3. The van der Waals surface area contributed by atoms with E-state index in [2.05, 4.69) is 5.32 Å². The van der Waals surface area contributed by atoms with Crippen LogP contribution in [0.3, 0.4) is 0 Å². The van der Waals surface area contributed by atoms with Crippen molar-refractivity contribution in [2.45, 2.75) is 57.8 Å². The van der Waals surface area contributed by atoms with Gasteiger partial charge in [-0.05, 0) is 65.2 Å². The van der Waals surface area contributed by atoms with Crippen LogP contribution in [-0.2, 0) is 9.31 Å². The van der Waals surface area contributed by atoms with Crippen LogP contribution < -0.4 is 10.8 Å². The molecule has 0 aliphatic carbocycles. The number of likely N-dealkylation sites (tertiary alicyclic amines) is 1. The van der Waals surface area contributed by atoms with Gasteiger partial charge in [0.25, 0.3) is 5.91 Å². The summed E-state index contributed by atoms with van der Waals surface area (Å²) in [5, 5.41) is 3.23. The lowest BCUT2D eigenvalue weighted by Gasteiger charge is -2.32. The second-order valence-corrected chi connectivity index (χ2v) is 8.18. The molecule has 2 aliphatic heterocycles. The quantitative estimate of drug-likeness (QED) is 0.836. The van der Waals surface area contributed by atoms with Crippen molar-refractivity contribution in [3.8, 4) is 0 Å². The van der Waals surface area contributed by atoms with Crippen molar-refractivity contribution in [2.24, 2.45) is 0 Å². The number of hydrogen-bond acceptors (Lipinski definition) is 4. The highest BCUT2D eigenvalue weighted by atomic mass is 19.1. The van der Waals surface area contributed by atoms with Gasteiger partial charge < -0.3 is 19.5 Å². The minimum absolute atomic E-state index is 0.105. The number of carbonyl (C=O) groups is 1. The van der Waals surface area contributed by atoms with Gasteiger partial charge in [0, 0.05) is 19.1 Å². The van der Waals surface area contributed by atoms with E-state index in [1.165, 1.54) is 6.07 Å². The lowest BCUT2D eigenvalue weighted by Crippen LogP contribution is -2.44. The molecule has 5 nitrogen and oxygen atoms in total. The number of nitrogens with one attached hydrogen (secondary N) is 1. The highest BCUT2D eigenvalue weighted by Crippen LogP contribution is 2.36. The second-order valence-electron chi connectivity index (χ2n) is 8.18. The highest BCUT2D eigenvalue weighted by molar-refractivity contribution is 6.62. The van der Waals surface area contributed by atoms with Gasteiger partial charge in [0.05, 0.1) is 16.8 Å². The number of amides is 1. The molecule has 0 radical (unpaired) electrons. The summed E-state index contributed by atoms with van der Waals surface area (Å²) in [6, 6.07) is 5.05. The smallest absolute Gasteiger partial charge is 0.399 e. The molecule has 1 N–H and O–H groups in total. The highest BCUT2D eigenvalue weighted by Gasteiger charge is 2.51. The number of rotatable bonds is 3. The zero-order valence-corrected chi connectivity index (χ0v) is 16.3. The molecule has 1 amide bonds. The van der Waals surface area contributed by atoms with Crippen LogP contribution in [0, 0.1) is 5.82 Å². The van der Waals surface area contributed by atoms with Crippen molar-refractivity contribution in [3.05, 3.63) is 29.6 Å². The van der Waals surface area contributed by atoms with E-state index in [4.69, 9.17) is 9.31 Å².